The maximum atomic E-state index is 11.2. The molecule has 1 saturated heterocycles. The second kappa shape index (κ2) is 7.85. The van der Waals surface area contributed by atoms with Gasteiger partial charge in [-0.25, -0.2) is 4.79 Å². The Morgan fingerprint density at radius 3 is 2.32 bits per heavy atom. The molecule has 1 aliphatic heterocycles. The molecule has 0 aliphatic carbocycles. The van der Waals surface area contributed by atoms with Gasteiger partial charge in [0.15, 0.2) is 0 Å². The summed E-state index contributed by atoms with van der Waals surface area (Å²) in [6.07, 6.45) is 0.0743. The third-order valence-corrected chi connectivity index (χ3v) is 2.48. The number of carbonyl (C=O) groups excluding carboxylic acids is 4. The minimum absolute atomic E-state index is 0.000706. The first-order chi connectivity index (χ1) is 9.04. The molecule has 0 spiro atoms. The second-order valence-corrected chi connectivity index (χ2v) is 4.01. The van der Waals surface area contributed by atoms with Crippen LogP contribution in [0.2, 0.25) is 0 Å². The first kappa shape index (κ1) is 15.6. The van der Waals surface area contributed by atoms with Gasteiger partial charge in [-0.1, -0.05) is 15.9 Å². The van der Waals surface area contributed by atoms with Crippen LogP contribution < -0.4 is 0 Å². The summed E-state index contributed by atoms with van der Waals surface area (Å²) in [4.78, 5) is 48.7. The van der Waals surface area contributed by atoms with Crippen LogP contribution in [-0.4, -0.2) is 54.0 Å². The Morgan fingerprint density at radius 2 is 1.74 bits per heavy atom. The molecular formula is C10H12BrNO7. The average molecular weight is 338 g/mol. The van der Waals surface area contributed by atoms with Crippen molar-refractivity contribution in [3.63, 3.8) is 0 Å². The summed E-state index contributed by atoms with van der Waals surface area (Å²) < 4.78 is 9.51. The number of nitrogens with zero attached hydrogens (tertiary/aromatic N) is 1. The summed E-state index contributed by atoms with van der Waals surface area (Å²) in [5, 5.41) is 0.519. The molecule has 2 amide bonds. The van der Waals surface area contributed by atoms with Crippen molar-refractivity contribution in [2.45, 2.75) is 12.8 Å². The molecule has 9 heteroatoms. The smallest absolute Gasteiger partial charge is 0.358 e. The monoisotopic (exact) mass is 337 g/mol. The number of ether oxygens (including phenoxy) is 2. The van der Waals surface area contributed by atoms with Crippen LogP contribution in [-0.2, 0) is 33.5 Å². The van der Waals surface area contributed by atoms with E-state index in [0.29, 0.717) is 5.06 Å². The Bertz CT molecular complexity index is 368. The number of carbonyl (C=O) groups is 4. The van der Waals surface area contributed by atoms with Crippen LogP contribution in [0.5, 0.6) is 0 Å². The molecule has 0 aromatic carbocycles. The van der Waals surface area contributed by atoms with E-state index in [9.17, 15) is 19.2 Å². The molecule has 0 unspecified atom stereocenters. The molecule has 1 heterocycles. The molecule has 8 nitrogen and oxygen atoms in total. The van der Waals surface area contributed by atoms with E-state index < -0.39 is 30.4 Å². The van der Waals surface area contributed by atoms with Crippen molar-refractivity contribution in [3.05, 3.63) is 0 Å². The lowest BCUT2D eigenvalue weighted by Crippen LogP contribution is -2.33. The van der Waals surface area contributed by atoms with Crippen molar-refractivity contribution < 1.29 is 33.5 Å². The Kier molecular flexibility index (Phi) is 6.43. The van der Waals surface area contributed by atoms with Crippen molar-refractivity contribution in [2.24, 2.45) is 0 Å². The van der Waals surface area contributed by atoms with Crippen LogP contribution >= 0.6 is 15.9 Å². The van der Waals surface area contributed by atoms with Gasteiger partial charge in [0, 0.05) is 12.8 Å². The number of esters is 1. The first-order valence-corrected chi connectivity index (χ1v) is 6.52. The summed E-state index contributed by atoms with van der Waals surface area (Å²) in [7, 11) is 0. The van der Waals surface area contributed by atoms with Crippen molar-refractivity contribution in [3.8, 4) is 0 Å². The van der Waals surface area contributed by atoms with Gasteiger partial charge in [0.05, 0.1) is 6.61 Å². The largest absolute Gasteiger partial charge is 0.463 e. The number of hydroxylamine groups is 2. The lowest BCUT2D eigenvalue weighted by molar-refractivity contribution is -0.200. The minimum Gasteiger partial charge on any atom is -0.463 e. The van der Waals surface area contributed by atoms with Crippen molar-refractivity contribution in [2.75, 3.05) is 25.2 Å². The highest BCUT2D eigenvalue weighted by atomic mass is 79.9. The number of hydrogen-bond donors (Lipinski definition) is 0. The fraction of sp³-hybridized carbons (Fsp3) is 0.600. The molecule has 0 bridgehead atoms. The van der Waals surface area contributed by atoms with Gasteiger partial charge in [-0.3, -0.25) is 14.4 Å². The lowest BCUT2D eigenvalue weighted by atomic mass is 10.4. The zero-order chi connectivity index (χ0) is 14.3. The van der Waals surface area contributed by atoms with E-state index >= 15 is 0 Å². The Labute approximate surface area is 117 Å². The SMILES string of the molecule is O=C(CBr)OCCOCC(=O)ON1C(=O)CCC1=O. The maximum Gasteiger partial charge on any atom is 0.358 e. The Balaban J connectivity index is 2.13. The fourth-order valence-corrected chi connectivity index (χ4v) is 1.36. The number of imide groups is 1. The van der Waals surface area contributed by atoms with Crippen LogP contribution in [0.3, 0.4) is 0 Å². The van der Waals surface area contributed by atoms with Gasteiger partial charge >= 0.3 is 11.9 Å². The minimum atomic E-state index is -0.865. The number of alkyl halides is 1. The van der Waals surface area contributed by atoms with Gasteiger partial charge in [-0.15, -0.1) is 5.06 Å². The molecule has 1 rings (SSSR count). The summed E-state index contributed by atoms with van der Waals surface area (Å²) in [6, 6.07) is 0. The van der Waals surface area contributed by atoms with Crippen LogP contribution in [0.25, 0.3) is 0 Å². The third-order valence-electron chi connectivity index (χ3n) is 2.02. The van der Waals surface area contributed by atoms with Crippen molar-refractivity contribution in [1.82, 2.24) is 5.06 Å². The zero-order valence-electron chi connectivity index (χ0n) is 9.93. The average Bonchev–Trinajstić information content (AvgIpc) is 2.69. The molecular weight excluding hydrogens is 326 g/mol. The van der Waals surface area contributed by atoms with Gasteiger partial charge in [0.25, 0.3) is 11.8 Å². The number of rotatable bonds is 7. The normalized spacial score (nSPS) is 14.7. The predicted octanol–water partition coefficient (Wildman–Crippen LogP) is -0.452. The first-order valence-electron chi connectivity index (χ1n) is 5.40. The second-order valence-electron chi connectivity index (χ2n) is 3.45. The molecule has 19 heavy (non-hydrogen) atoms. The molecule has 106 valence electrons. The molecule has 0 radical (unpaired) electrons. The lowest BCUT2D eigenvalue weighted by Gasteiger charge is -2.12. The van der Waals surface area contributed by atoms with E-state index in [-0.39, 0.29) is 31.4 Å². The summed E-state index contributed by atoms with van der Waals surface area (Å²) in [6.45, 7) is -0.433. The topological polar surface area (TPSA) is 99.2 Å². The summed E-state index contributed by atoms with van der Waals surface area (Å²) >= 11 is 2.91. The molecule has 0 atom stereocenters. The van der Waals surface area contributed by atoms with E-state index in [4.69, 9.17) is 4.74 Å². The molecule has 0 aromatic rings. The highest BCUT2D eigenvalue weighted by Crippen LogP contribution is 2.11. The van der Waals surface area contributed by atoms with Gasteiger partial charge in [-0.05, 0) is 0 Å². The molecule has 0 aromatic heterocycles. The van der Waals surface area contributed by atoms with E-state index in [2.05, 4.69) is 25.5 Å². The number of hydrogen-bond acceptors (Lipinski definition) is 7. The van der Waals surface area contributed by atoms with Crippen LogP contribution in [0, 0.1) is 0 Å². The fourth-order valence-electron chi connectivity index (χ4n) is 1.19. The molecule has 0 N–H and O–H groups in total. The maximum absolute atomic E-state index is 11.2. The molecule has 1 fully saturated rings. The van der Waals surface area contributed by atoms with Crippen molar-refractivity contribution in [1.29, 1.82) is 0 Å². The predicted molar refractivity (Wildman–Crippen MR) is 62.8 cm³/mol. The highest BCUT2D eigenvalue weighted by Gasteiger charge is 2.32. The van der Waals surface area contributed by atoms with E-state index in [0.717, 1.165) is 0 Å². The molecule has 0 saturated carbocycles. The van der Waals surface area contributed by atoms with Crippen molar-refractivity contribution >= 4 is 39.7 Å². The Hall–Kier alpha value is -1.48. The van der Waals surface area contributed by atoms with Crippen LogP contribution in [0.4, 0.5) is 0 Å². The van der Waals surface area contributed by atoms with Gasteiger partial charge in [0.2, 0.25) is 0 Å². The number of amides is 2. The standard InChI is InChI=1S/C10H12BrNO7/c11-5-9(15)18-4-3-17-6-10(16)19-12-7(13)1-2-8(12)14/h1-6H2. The van der Waals surface area contributed by atoms with Gasteiger partial charge in [0.1, 0.15) is 18.5 Å². The zero-order valence-corrected chi connectivity index (χ0v) is 11.5. The van der Waals surface area contributed by atoms with Crippen LogP contribution in [0.1, 0.15) is 12.8 Å². The molecule has 1 aliphatic rings. The summed E-state index contributed by atoms with van der Waals surface area (Å²) in [5.74, 6) is -2.41. The quantitative estimate of drug-likeness (QED) is 0.268. The summed E-state index contributed by atoms with van der Waals surface area (Å²) in [5.41, 5.74) is 0. The third kappa shape index (κ3) is 5.35. The Morgan fingerprint density at radius 1 is 1.11 bits per heavy atom. The van der Waals surface area contributed by atoms with Crippen LogP contribution in [0.15, 0.2) is 0 Å². The van der Waals surface area contributed by atoms with Gasteiger partial charge < -0.3 is 14.3 Å². The van der Waals surface area contributed by atoms with E-state index in [1.54, 1.807) is 0 Å². The highest BCUT2D eigenvalue weighted by molar-refractivity contribution is 9.09. The van der Waals surface area contributed by atoms with E-state index in [1.807, 2.05) is 0 Å². The number of halogens is 1. The van der Waals surface area contributed by atoms with E-state index in [1.165, 1.54) is 0 Å². The van der Waals surface area contributed by atoms with Gasteiger partial charge in [-0.2, -0.15) is 0 Å².